The Bertz CT molecular complexity index is 183. The molecule has 0 amide bonds. The highest BCUT2D eigenvalue weighted by atomic mass is 32.1. The van der Waals surface area contributed by atoms with Crippen LogP contribution in [0.5, 0.6) is 0 Å². The van der Waals surface area contributed by atoms with E-state index in [4.69, 9.17) is 0 Å². The van der Waals surface area contributed by atoms with Gasteiger partial charge in [-0.3, -0.25) is 0 Å². The molecular formula is C6H9NS2. The summed E-state index contributed by atoms with van der Waals surface area (Å²) in [7, 11) is 0. The molecule has 0 bridgehead atoms. The predicted octanol–water partition coefficient (Wildman–Crippen LogP) is 1.92. The quantitative estimate of drug-likeness (QED) is 0.651. The van der Waals surface area contributed by atoms with Crippen LogP contribution in [0.25, 0.3) is 0 Å². The van der Waals surface area contributed by atoms with Crippen LogP contribution in [0.4, 0.5) is 0 Å². The molecular weight excluding hydrogens is 150 g/mol. The van der Waals surface area contributed by atoms with Crippen LogP contribution in [0.2, 0.25) is 0 Å². The molecule has 1 rings (SSSR count). The second kappa shape index (κ2) is 3.22. The second-order valence-corrected chi connectivity index (χ2v) is 3.36. The summed E-state index contributed by atoms with van der Waals surface area (Å²) in [5.74, 6) is 0.892. The topological polar surface area (TPSA) is 12.9 Å². The van der Waals surface area contributed by atoms with Crippen LogP contribution in [-0.4, -0.2) is 10.1 Å². The summed E-state index contributed by atoms with van der Waals surface area (Å²) in [5.41, 5.74) is 1.17. The zero-order chi connectivity index (χ0) is 6.69. The molecule has 0 unspecified atom stereocenters. The van der Waals surface area contributed by atoms with Crippen molar-refractivity contribution in [1.29, 1.82) is 0 Å². The third-order valence-electron chi connectivity index (χ3n) is 1.04. The van der Waals surface area contributed by atoms with Gasteiger partial charge in [-0.2, -0.15) is 17.0 Å². The highest BCUT2D eigenvalue weighted by molar-refractivity contribution is 7.80. The van der Waals surface area contributed by atoms with E-state index in [-0.39, 0.29) is 0 Å². The Balaban J connectivity index is 2.61. The van der Waals surface area contributed by atoms with Crippen LogP contribution in [0, 0.1) is 6.92 Å². The Morgan fingerprint density at radius 3 is 3.00 bits per heavy atom. The van der Waals surface area contributed by atoms with E-state index in [1.165, 1.54) is 10.6 Å². The molecule has 1 aromatic heterocycles. The van der Waals surface area contributed by atoms with E-state index in [9.17, 15) is 0 Å². The first kappa shape index (κ1) is 7.09. The first-order valence-corrected chi connectivity index (χ1v) is 4.26. The lowest BCUT2D eigenvalue weighted by Crippen LogP contribution is -1.82. The van der Waals surface area contributed by atoms with Crippen molar-refractivity contribution in [2.45, 2.75) is 13.3 Å². The van der Waals surface area contributed by atoms with E-state index >= 15 is 0 Å². The standard InChI is InChI=1S/C6H9NS2/c1-5-4-6(2-3-8)7-9-5/h4,8H,2-3H2,1H3. The van der Waals surface area contributed by atoms with Crippen molar-refractivity contribution in [3.05, 3.63) is 16.6 Å². The van der Waals surface area contributed by atoms with Crippen molar-refractivity contribution in [2.75, 3.05) is 5.75 Å². The summed E-state index contributed by atoms with van der Waals surface area (Å²) in [6, 6.07) is 2.11. The third-order valence-corrected chi connectivity index (χ3v) is 2.00. The minimum Gasteiger partial charge on any atom is -0.197 e. The van der Waals surface area contributed by atoms with E-state index in [0.29, 0.717) is 0 Å². The van der Waals surface area contributed by atoms with Gasteiger partial charge in [-0.15, -0.1) is 0 Å². The second-order valence-electron chi connectivity index (χ2n) is 1.90. The smallest absolute Gasteiger partial charge is 0.0553 e. The van der Waals surface area contributed by atoms with E-state index in [1.54, 1.807) is 11.5 Å². The summed E-state index contributed by atoms with van der Waals surface area (Å²) in [6.07, 6.45) is 0.994. The molecule has 0 aromatic carbocycles. The minimum atomic E-state index is 0.892. The molecule has 50 valence electrons. The van der Waals surface area contributed by atoms with Crippen LogP contribution in [0.3, 0.4) is 0 Å². The molecule has 0 aliphatic rings. The fraction of sp³-hybridized carbons (Fsp3) is 0.500. The van der Waals surface area contributed by atoms with Gasteiger partial charge in [0.1, 0.15) is 0 Å². The molecule has 1 heterocycles. The number of rotatable bonds is 2. The summed E-state index contributed by atoms with van der Waals surface area (Å²) in [5, 5.41) is 0. The number of hydrogen-bond acceptors (Lipinski definition) is 3. The SMILES string of the molecule is Cc1cc(CCS)ns1. The molecule has 0 fully saturated rings. The van der Waals surface area contributed by atoms with Crippen molar-refractivity contribution in [3.63, 3.8) is 0 Å². The van der Waals surface area contributed by atoms with Crippen LogP contribution in [0.1, 0.15) is 10.6 Å². The Morgan fingerprint density at radius 2 is 2.56 bits per heavy atom. The molecule has 0 spiro atoms. The molecule has 0 N–H and O–H groups in total. The average molecular weight is 159 g/mol. The zero-order valence-corrected chi connectivity index (χ0v) is 7.01. The van der Waals surface area contributed by atoms with Crippen LogP contribution < -0.4 is 0 Å². The number of aryl methyl sites for hydroxylation is 2. The lowest BCUT2D eigenvalue weighted by molar-refractivity contribution is 1.10. The molecule has 0 saturated heterocycles. The Hall–Kier alpha value is -0.0200. The summed E-state index contributed by atoms with van der Waals surface area (Å²) in [4.78, 5) is 1.28. The summed E-state index contributed by atoms with van der Waals surface area (Å²) >= 11 is 5.67. The third kappa shape index (κ3) is 1.99. The molecule has 1 nitrogen and oxygen atoms in total. The summed E-state index contributed by atoms with van der Waals surface area (Å²) in [6.45, 7) is 2.07. The maximum Gasteiger partial charge on any atom is 0.0553 e. The van der Waals surface area contributed by atoms with Crippen LogP contribution in [0.15, 0.2) is 6.07 Å². The van der Waals surface area contributed by atoms with E-state index in [1.807, 2.05) is 0 Å². The number of hydrogen-bond donors (Lipinski definition) is 1. The van der Waals surface area contributed by atoms with Crippen molar-refractivity contribution in [2.24, 2.45) is 0 Å². The van der Waals surface area contributed by atoms with Gasteiger partial charge in [-0.1, -0.05) is 0 Å². The van der Waals surface area contributed by atoms with E-state index in [2.05, 4.69) is 30.0 Å². The Labute approximate surface area is 64.7 Å². The minimum absolute atomic E-state index is 0.892. The maximum atomic E-state index is 4.20. The normalized spacial score (nSPS) is 10.0. The van der Waals surface area contributed by atoms with Gasteiger partial charge in [0.2, 0.25) is 0 Å². The van der Waals surface area contributed by atoms with Crippen molar-refractivity contribution < 1.29 is 0 Å². The van der Waals surface area contributed by atoms with Crippen molar-refractivity contribution >= 4 is 24.2 Å². The van der Waals surface area contributed by atoms with Gasteiger partial charge in [0, 0.05) is 4.88 Å². The zero-order valence-electron chi connectivity index (χ0n) is 5.29. The first-order valence-electron chi connectivity index (χ1n) is 2.86. The Kier molecular flexibility index (Phi) is 2.54. The van der Waals surface area contributed by atoms with E-state index in [0.717, 1.165) is 12.2 Å². The number of aromatic nitrogens is 1. The highest BCUT2D eigenvalue weighted by Crippen LogP contribution is 2.08. The van der Waals surface area contributed by atoms with Crippen LogP contribution in [-0.2, 0) is 6.42 Å². The molecule has 3 heteroatoms. The van der Waals surface area contributed by atoms with Gasteiger partial charge in [-0.25, -0.2) is 0 Å². The van der Waals surface area contributed by atoms with Crippen molar-refractivity contribution in [1.82, 2.24) is 4.37 Å². The van der Waals surface area contributed by atoms with Gasteiger partial charge in [0.05, 0.1) is 5.69 Å². The monoisotopic (exact) mass is 159 g/mol. The lowest BCUT2D eigenvalue weighted by Gasteiger charge is -1.84. The first-order chi connectivity index (χ1) is 4.33. The lowest BCUT2D eigenvalue weighted by atomic mass is 10.3. The van der Waals surface area contributed by atoms with Crippen molar-refractivity contribution in [3.8, 4) is 0 Å². The molecule has 0 radical (unpaired) electrons. The van der Waals surface area contributed by atoms with Gasteiger partial charge in [0.25, 0.3) is 0 Å². The molecule has 1 aromatic rings. The Morgan fingerprint density at radius 1 is 1.78 bits per heavy atom. The van der Waals surface area contributed by atoms with Crippen LogP contribution >= 0.6 is 24.2 Å². The van der Waals surface area contributed by atoms with Gasteiger partial charge in [-0.05, 0) is 36.7 Å². The molecule has 9 heavy (non-hydrogen) atoms. The summed E-state index contributed by atoms with van der Waals surface area (Å²) < 4.78 is 4.20. The van der Waals surface area contributed by atoms with Gasteiger partial charge >= 0.3 is 0 Å². The number of nitrogens with zero attached hydrogens (tertiary/aromatic N) is 1. The molecule has 0 aliphatic carbocycles. The fourth-order valence-corrected chi connectivity index (χ4v) is 1.47. The largest absolute Gasteiger partial charge is 0.197 e. The number of thiol groups is 1. The average Bonchev–Trinajstić information content (AvgIpc) is 2.17. The van der Waals surface area contributed by atoms with Gasteiger partial charge in [0.15, 0.2) is 0 Å². The highest BCUT2D eigenvalue weighted by Gasteiger charge is 1.94. The molecule has 0 atom stereocenters. The molecule has 0 saturated carbocycles. The predicted molar refractivity (Wildman–Crippen MR) is 44.4 cm³/mol. The van der Waals surface area contributed by atoms with E-state index < -0.39 is 0 Å². The van der Waals surface area contributed by atoms with Gasteiger partial charge < -0.3 is 0 Å². The molecule has 0 aliphatic heterocycles. The maximum absolute atomic E-state index is 4.20. The fourth-order valence-electron chi connectivity index (χ4n) is 0.650.